The minimum Gasteiger partial charge on any atom is -0.419 e. The Morgan fingerprint density at radius 2 is 1.73 bits per heavy atom. The topological polar surface area (TPSA) is 56.7 Å². The summed E-state index contributed by atoms with van der Waals surface area (Å²) < 4.78 is 8.58. The molecule has 0 saturated carbocycles. The van der Waals surface area contributed by atoms with Crippen LogP contribution in [-0.2, 0) is 5.41 Å². The van der Waals surface area contributed by atoms with Crippen LogP contribution in [0.25, 0.3) is 34.6 Å². The third-order valence-corrected chi connectivity index (χ3v) is 5.90. The molecule has 0 radical (unpaired) electrons. The molecule has 0 bridgehead atoms. The first-order valence-corrected chi connectivity index (χ1v) is 12.4. The molecule has 4 rings (SSSR count). The predicted octanol–water partition coefficient (Wildman–Crippen LogP) is 8.59. The molecule has 0 saturated heterocycles. The van der Waals surface area contributed by atoms with Gasteiger partial charge in [-0.15, -0.1) is 10.2 Å². The van der Waals surface area contributed by atoms with E-state index in [0.717, 1.165) is 25.8 Å². The molecule has 0 aliphatic heterocycles. The monoisotopic (exact) mass is 608 g/mol. The van der Waals surface area contributed by atoms with Crippen molar-refractivity contribution in [3.8, 4) is 28.5 Å². The van der Waals surface area contributed by atoms with Gasteiger partial charge in [0.1, 0.15) is 0 Å². The van der Waals surface area contributed by atoms with Crippen molar-refractivity contribution in [2.24, 2.45) is 0 Å². The minimum atomic E-state index is -0.293. The van der Waals surface area contributed by atoms with E-state index in [1.165, 1.54) is 0 Å². The Hall–Kier alpha value is -1.93. The van der Waals surface area contributed by atoms with Gasteiger partial charge in [-0.2, -0.15) is 5.10 Å². The van der Waals surface area contributed by atoms with Gasteiger partial charge in [-0.05, 0) is 63.1 Å². The molecule has 9 heteroatoms. The second-order valence-corrected chi connectivity index (χ2v) is 12.2. The van der Waals surface area contributed by atoms with Gasteiger partial charge in [-0.3, -0.25) is 0 Å². The molecule has 170 valence electrons. The smallest absolute Gasteiger partial charge is 0.268 e. The fraction of sp³-hybridized carbons (Fsp3) is 0.208. The highest BCUT2D eigenvalue weighted by Crippen LogP contribution is 2.39. The first kappa shape index (κ1) is 24.2. The fourth-order valence-corrected chi connectivity index (χ4v) is 4.22. The molecule has 0 atom stereocenters. The van der Waals surface area contributed by atoms with Crippen LogP contribution in [0.4, 0.5) is 0 Å². The van der Waals surface area contributed by atoms with Gasteiger partial charge in [-0.1, -0.05) is 73.8 Å². The summed E-state index contributed by atoms with van der Waals surface area (Å²) in [6, 6.07) is 13.5. The number of hydrogen-bond donors (Lipinski definition) is 0. The zero-order valence-corrected chi connectivity index (χ0v) is 23.0. The van der Waals surface area contributed by atoms with Gasteiger partial charge in [0, 0.05) is 21.6 Å². The molecule has 0 fully saturated rings. The summed E-state index contributed by atoms with van der Waals surface area (Å²) in [6.45, 7) is 8.10. The lowest BCUT2D eigenvalue weighted by atomic mass is 9.97. The van der Waals surface area contributed by atoms with Crippen LogP contribution >= 0.6 is 55.1 Å². The highest BCUT2D eigenvalue weighted by molar-refractivity contribution is 9.28. The first-order chi connectivity index (χ1) is 15.5. The Bertz CT molecular complexity index is 1350. The second kappa shape index (κ2) is 9.37. The first-order valence-electron chi connectivity index (χ1n) is 10.1. The van der Waals surface area contributed by atoms with Crippen molar-refractivity contribution in [2.75, 3.05) is 0 Å². The highest BCUT2D eigenvalue weighted by Gasteiger charge is 2.27. The molecule has 33 heavy (non-hydrogen) atoms. The van der Waals surface area contributed by atoms with E-state index in [1.807, 2.05) is 52.0 Å². The van der Waals surface area contributed by atoms with Crippen LogP contribution in [0.1, 0.15) is 37.8 Å². The third kappa shape index (κ3) is 5.11. The van der Waals surface area contributed by atoms with E-state index in [1.54, 1.807) is 16.8 Å². The van der Waals surface area contributed by atoms with Gasteiger partial charge in [0.2, 0.25) is 5.89 Å². The van der Waals surface area contributed by atoms with Crippen molar-refractivity contribution >= 4 is 61.1 Å². The molecule has 0 N–H and O–H groups in total. The summed E-state index contributed by atoms with van der Waals surface area (Å²) in [4.78, 5) is 0. The molecular weight excluding hydrogens is 591 g/mol. The molecular formula is C24H20Br2Cl2N4O. The van der Waals surface area contributed by atoms with Crippen molar-refractivity contribution < 1.29 is 4.42 Å². The van der Waals surface area contributed by atoms with E-state index in [0.29, 0.717) is 33.2 Å². The van der Waals surface area contributed by atoms with E-state index in [2.05, 4.69) is 54.2 Å². The Kier molecular flexibility index (Phi) is 6.87. The molecule has 2 aromatic heterocycles. The van der Waals surface area contributed by atoms with Gasteiger partial charge in [0.05, 0.1) is 19.8 Å². The van der Waals surface area contributed by atoms with Crippen LogP contribution in [0.15, 0.2) is 50.3 Å². The normalized spacial score (nSPS) is 11.6. The highest BCUT2D eigenvalue weighted by atomic mass is 79.9. The molecule has 0 aliphatic carbocycles. The Balaban J connectivity index is 2.06. The largest absolute Gasteiger partial charge is 0.419 e. The second-order valence-electron chi connectivity index (χ2n) is 8.58. The molecule has 0 amide bonds. The zero-order valence-electron chi connectivity index (χ0n) is 18.3. The predicted molar refractivity (Wildman–Crippen MR) is 142 cm³/mol. The van der Waals surface area contributed by atoms with Gasteiger partial charge in [0.15, 0.2) is 5.69 Å². The Labute approximate surface area is 219 Å². The number of aryl methyl sites for hydroxylation is 1. The minimum absolute atomic E-state index is 0.293. The lowest BCUT2D eigenvalue weighted by Gasteiger charge is -2.11. The van der Waals surface area contributed by atoms with E-state index in [-0.39, 0.29) is 5.41 Å². The van der Waals surface area contributed by atoms with E-state index < -0.39 is 0 Å². The standard InChI is InChI=1S/C24H20Br2Cl2N4O/c1-13-5-7-14(8-6-13)21-16(12-19(25)26)20(22-29-30-23(33-22)24(2,3)4)31-32(21)18-10-9-15(27)11-17(18)28/h5-12H,1-4H3. The van der Waals surface area contributed by atoms with E-state index >= 15 is 0 Å². The number of benzene rings is 2. The molecule has 2 heterocycles. The molecule has 2 aromatic carbocycles. The van der Waals surface area contributed by atoms with Crippen molar-refractivity contribution in [2.45, 2.75) is 33.1 Å². The lowest BCUT2D eigenvalue weighted by molar-refractivity contribution is 0.398. The van der Waals surface area contributed by atoms with Crippen molar-refractivity contribution in [1.82, 2.24) is 20.0 Å². The van der Waals surface area contributed by atoms with Crippen LogP contribution in [-0.4, -0.2) is 20.0 Å². The van der Waals surface area contributed by atoms with Crippen LogP contribution in [0.2, 0.25) is 10.0 Å². The quantitative estimate of drug-likeness (QED) is 0.232. The molecule has 0 spiro atoms. The van der Waals surface area contributed by atoms with E-state index in [4.69, 9.17) is 32.7 Å². The van der Waals surface area contributed by atoms with E-state index in [9.17, 15) is 0 Å². The maximum atomic E-state index is 6.60. The van der Waals surface area contributed by atoms with Gasteiger partial charge in [0.25, 0.3) is 5.89 Å². The summed E-state index contributed by atoms with van der Waals surface area (Å²) in [5, 5.41) is 14.5. The number of nitrogens with zero attached hydrogens (tertiary/aromatic N) is 4. The van der Waals surface area contributed by atoms with Gasteiger partial charge >= 0.3 is 0 Å². The van der Waals surface area contributed by atoms with Crippen molar-refractivity contribution in [3.05, 3.63) is 72.9 Å². The summed E-state index contributed by atoms with van der Waals surface area (Å²) >= 11 is 19.7. The Morgan fingerprint density at radius 1 is 1.03 bits per heavy atom. The summed E-state index contributed by atoms with van der Waals surface area (Å²) in [7, 11) is 0. The van der Waals surface area contributed by atoms with Crippen molar-refractivity contribution in [3.63, 3.8) is 0 Å². The summed E-state index contributed by atoms with van der Waals surface area (Å²) in [5.74, 6) is 0.853. The molecule has 0 unspecified atom stereocenters. The van der Waals surface area contributed by atoms with Crippen LogP contribution in [0.3, 0.4) is 0 Å². The average molecular weight is 611 g/mol. The average Bonchev–Trinajstić information content (AvgIpc) is 3.34. The maximum absolute atomic E-state index is 6.60. The fourth-order valence-electron chi connectivity index (χ4n) is 3.27. The molecule has 4 aromatic rings. The molecule has 5 nitrogen and oxygen atoms in total. The summed E-state index contributed by atoms with van der Waals surface area (Å²) in [6.07, 6.45) is 1.92. The number of aromatic nitrogens is 4. The lowest BCUT2D eigenvalue weighted by Crippen LogP contribution is -2.11. The van der Waals surface area contributed by atoms with Crippen LogP contribution in [0.5, 0.6) is 0 Å². The Morgan fingerprint density at radius 3 is 2.30 bits per heavy atom. The summed E-state index contributed by atoms with van der Waals surface area (Å²) in [5.41, 5.74) is 4.64. The van der Waals surface area contributed by atoms with Crippen LogP contribution in [0, 0.1) is 6.92 Å². The van der Waals surface area contributed by atoms with Crippen molar-refractivity contribution in [1.29, 1.82) is 0 Å². The SMILES string of the molecule is Cc1ccc(-c2c(C=C(Br)Br)c(-c3nnc(C(C)(C)C)o3)nn2-c2ccc(Cl)cc2Cl)cc1. The van der Waals surface area contributed by atoms with Gasteiger partial charge in [-0.25, -0.2) is 4.68 Å². The van der Waals surface area contributed by atoms with Crippen LogP contribution < -0.4 is 0 Å². The number of rotatable bonds is 4. The maximum Gasteiger partial charge on any atom is 0.268 e. The number of halogens is 4. The van der Waals surface area contributed by atoms with Gasteiger partial charge < -0.3 is 4.42 Å². The number of hydrogen-bond acceptors (Lipinski definition) is 4. The third-order valence-electron chi connectivity index (χ3n) is 4.91. The molecule has 0 aliphatic rings. The zero-order chi connectivity index (χ0) is 23.9.